The zero-order valence-corrected chi connectivity index (χ0v) is 12.6. The third kappa shape index (κ3) is 2.91. The average Bonchev–Trinajstić information content (AvgIpc) is 2.78. The molecular formula is C16H25NO3. The molecule has 0 aromatic heterocycles. The first-order chi connectivity index (χ1) is 9.60. The Balaban J connectivity index is 2.37. The highest BCUT2D eigenvalue weighted by Gasteiger charge is 2.27. The molecule has 1 heterocycles. The summed E-state index contributed by atoms with van der Waals surface area (Å²) in [6, 6.07) is 3.93. The average molecular weight is 279 g/mol. The molecule has 1 aromatic carbocycles. The SMILES string of the molecule is CCOc1cc2c(cc1C(O)C(CC)CN)OC(C)C2. The van der Waals surface area contributed by atoms with Crippen molar-refractivity contribution in [1.82, 2.24) is 0 Å². The van der Waals surface area contributed by atoms with E-state index in [-0.39, 0.29) is 12.0 Å². The van der Waals surface area contributed by atoms with Crippen LogP contribution in [0.2, 0.25) is 0 Å². The number of rotatable bonds is 6. The fourth-order valence-corrected chi connectivity index (χ4v) is 2.74. The first-order valence-electron chi connectivity index (χ1n) is 7.45. The predicted octanol–water partition coefficient (Wildman–Crippen LogP) is 2.43. The van der Waals surface area contributed by atoms with Crippen molar-refractivity contribution in [3.63, 3.8) is 0 Å². The third-order valence-electron chi connectivity index (χ3n) is 3.92. The Morgan fingerprint density at radius 1 is 1.45 bits per heavy atom. The van der Waals surface area contributed by atoms with Gasteiger partial charge in [0, 0.05) is 23.5 Å². The Morgan fingerprint density at radius 2 is 2.20 bits per heavy atom. The van der Waals surface area contributed by atoms with Crippen LogP contribution in [0.3, 0.4) is 0 Å². The van der Waals surface area contributed by atoms with Gasteiger partial charge in [0.05, 0.1) is 12.7 Å². The van der Waals surface area contributed by atoms with Crippen molar-refractivity contribution in [3.8, 4) is 11.5 Å². The predicted molar refractivity (Wildman–Crippen MR) is 79.2 cm³/mol. The van der Waals surface area contributed by atoms with Gasteiger partial charge in [-0.25, -0.2) is 0 Å². The number of nitrogens with two attached hydrogens (primary N) is 1. The van der Waals surface area contributed by atoms with Gasteiger partial charge in [-0.2, -0.15) is 0 Å². The van der Waals surface area contributed by atoms with Crippen molar-refractivity contribution < 1.29 is 14.6 Å². The lowest BCUT2D eigenvalue weighted by Crippen LogP contribution is -2.22. The van der Waals surface area contributed by atoms with E-state index in [9.17, 15) is 5.11 Å². The summed E-state index contributed by atoms with van der Waals surface area (Å²) in [4.78, 5) is 0. The van der Waals surface area contributed by atoms with Crippen LogP contribution in [0.15, 0.2) is 12.1 Å². The van der Waals surface area contributed by atoms with Crippen LogP contribution in [-0.4, -0.2) is 24.4 Å². The molecule has 2 rings (SSSR count). The molecule has 0 spiro atoms. The summed E-state index contributed by atoms with van der Waals surface area (Å²) in [6.45, 7) is 7.06. The molecule has 4 nitrogen and oxygen atoms in total. The van der Waals surface area contributed by atoms with E-state index < -0.39 is 6.10 Å². The van der Waals surface area contributed by atoms with Crippen LogP contribution in [0.1, 0.15) is 44.4 Å². The Hall–Kier alpha value is -1.26. The maximum absolute atomic E-state index is 10.6. The minimum atomic E-state index is -0.614. The van der Waals surface area contributed by atoms with Gasteiger partial charge >= 0.3 is 0 Å². The minimum Gasteiger partial charge on any atom is -0.493 e. The number of ether oxygens (including phenoxy) is 2. The topological polar surface area (TPSA) is 64.7 Å². The molecule has 0 amide bonds. The lowest BCUT2D eigenvalue weighted by molar-refractivity contribution is 0.106. The van der Waals surface area contributed by atoms with Crippen LogP contribution >= 0.6 is 0 Å². The summed E-state index contributed by atoms with van der Waals surface area (Å²) < 4.78 is 11.5. The van der Waals surface area contributed by atoms with Crippen LogP contribution in [0, 0.1) is 5.92 Å². The van der Waals surface area contributed by atoms with Gasteiger partial charge in [-0.3, -0.25) is 0 Å². The molecule has 0 saturated heterocycles. The lowest BCUT2D eigenvalue weighted by atomic mass is 9.92. The molecular weight excluding hydrogens is 254 g/mol. The van der Waals surface area contributed by atoms with Crippen molar-refractivity contribution in [2.45, 2.75) is 45.8 Å². The number of aliphatic hydroxyl groups excluding tert-OH is 1. The highest BCUT2D eigenvalue weighted by atomic mass is 16.5. The fraction of sp³-hybridized carbons (Fsp3) is 0.625. The van der Waals surface area contributed by atoms with Gasteiger partial charge in [0.2, 0.25) is 0 Å². The van der Waals surface area contributed by atoms with Crippen molar-refractivity contribution >= 4 is 0 Å². The molecule has 4 heteroatoms. The molecule has 0 bridgehead atoms. The maximum Gasteiger partial charge on any atom is 0.125 e. The van der Waals surface area contributed by atoms with Crippen LogP contribution in [0.25, 0.3) is 0 Å². The summed E-state index contributed by atoms with van der Waals surface area (Å²) in [5.74, 6) is 1.65. The van der Waals surface area contributed by atoms with Crippen LogP contribution in [0.4, 0.5) is 0 Å². The van der Waals surface area contributed by atoms with E-state index in [1.807, 2.05) is 32.9 Å². The summed E-state index contributed by atoms with van der Waals surface area (Å²) in [5.41, 5.74) is 7.69. The zero-order chi connectivity index (χ0) is 14.7. The number of aliphatic hydroxyl groups is 1. The van der Waals surface area contributed by atoms with Gasteiger partial charge in [-0.05, 0) is 38.9 Å². The second-order valence-electron chi connectivity index (χ2n) is 5.41. The molecule has 3 unspecified atom stereocenters. The highest BCUT2D eigenvalue weighted by Crippen LogP contribution is 2.39. The van der Waals surface area contributed by atoms with Gasteiger partial charge in [0.15, 0.2) is 0 Å². The van der Waals surface area contributed by atoms with Crippen molar-refractivity contribution in [2.24, 2.45) is 11.7 Å². The quantitative estimate of drug-likeness (QED) is 0.839. The lowest BCUT2D eigenvalue weighted by Gasteiger charge is -2.23. The third-order valence-corrected chi connectivity index (χ3v) is 3.92. The van der Waals surface area contributed by atoms with Gasteiger partial charge in [0.25, 0.3) is 0 Å². The van der Waals surface area contributed by atoms with E-state index in [2.05, 4.69) is 0 Å². The zero-order valence-electron chi connectivity index (χ0n) is 12.6. The second kappa shape index (κ2) is 6.46. The molecule has 0 aliphatic carbocycles. The van der Waals surface area contributed by atoms with Gasteiger partial charge < -0.3 is 20.3 Å². The Morgan fingerprint density at radius 3 is 2.80 bits per heavy atom. The van der Waals surface area contributed by atoms with E-state index in [4.69, 9.17) is 15.2 Å². The number of hydrogen-bond donors (Lipinski definition) is 2. The van der Waals surface area contributed by atoms with Crippen LogP contribution in [-0.2, 0) is 6.42 Å². The number of hydrogen-bond acceptors (Lipinski definition) is 4. The molecule has 112 valence electrons. The van der Waals surface area contributed by atoms with E-state index in [1.54, 1.807) is 0 Å². The molecule has 1 aliphatic heterocycles. The maximum atomic E-state index is 10.6. The van der Waals surface area contributed by atoms with Gasteiger partial charge in [-0.1, -0.05) is 6.92 Å². The molecule has 0 saturated carbocycles. The van der Waals surface area contributed by atoms with Gasteiger partial charge in [0.1, 0.15) is 17.6 Å². The molecule has 1 aliphatic rings. The minimum absolute atomic E-state index is 0.0334. The molecule has 0 fully saturated rings. The monoisotopic (exact) mass is 279 g/mol. The fourth-order valence-electron chi connectivity index (χ4n) is 2.74. The van der Waals surface area contributed by atoms with E-state index in [0.717, 1.165) is 35.5 Å². The summed E-state index contributed by atoms with van der Waals surface area (Å²) in [5, 5.41) is 10.6. The van der Waals surface area contributed by atoms with E-state index >= 15 is 0 Å². The first-order valence-corrected chi connectivity index (χ1v) is 7.45. The van der Waals surface area contributed by atoms with E-state index in [0.29, 0.717) is 13.2 Å². The molecule has 20 heavy (non-hydrogen) atoms. The second-order valence-corrected chi connectivity index (χ2v) is 5.41. The summed E-state index contributed by atoms with van der Waals surface area (Å²) in [6.07, 6.45) is 1.29. The Bertz CT molecular complexity index is 457. The van der Waals surface area contributed by atoms with Crippen LogP contribution in [0.5, 0.6) is 11.5 Å². The number of benzene rings is 1. The largest absolute Gasteiger partial charge is 0.493 e. The molecule has 1 aromatic rings. The first kappa shape index (κ1) is 15.1. The van der Waals surface area contributed by atoms with Gasteiger partial charge in [-0.15, -0.1) is 0 Å². The summed E-state index contributed by atoms with van der Waals surface area (Å²) in [7, 11) is 0. The van der Waals surface area contributed by atoms with Crippen molar-refractivity contribution in [2.75, 3.05) is 13.2 Å². The van der Waals surface area contributed by atoms with E-state index in [1.165, 1.54) is 0 Å². The molecule has 3 N–H and O–H groups in total. The smallest absolute Gasteiger partial charge is 0.125 e. The normalized spacial score (nSPS) is 20.1. The van der Waals surface area contributed by atoms with Crippen molar-refractivity contribution in [3.05, 3.63) is 23.3 Å². The molecule has 0 radical (unpaired) electrons. The Labute approximate surface area is 120 Å². The van der Waals surface area contributed by atoms with Crippen LogP contribution < -0.4 is 15.2 Å². The Kier molecular flexibility index (Phi) is 4.89. The van der Waals surface area contributed by atoms with Crippen molar-refractivity contribution in [1.29, 1.82) is 0 Å². The molecule has 3 atom stereocenters. The summed E-state index contributed by atoms with van der Waals surface area (Å²) >= 11 is 0. The number of fused-ring (bicyclic) bond motifs is 1. The highest BCUT2D eigenvalue weighted by molar-refractivity contribution is 5.49. The standard InChI is InChI=1S/C16H25NO3/c1-4-11(9-17)16(18)13-8-14-12(6-10(3)20-14)7-15(13)19-5-2/h7-8,10-11,16,18H,4-6,9,17H2,1-3H3.